The highest BCUT2D eigenvalue weighted by Crippen LogP contribution is 2.17. The molecule has 0 aliphatic carbocycles. The number of nitrogens with one attached hydrogen (secondary N) is 1. The van der Waals surface area contributed by atoms with Gasteiger partial charge in [-0.15, -0.1) is 0 Å². The van der Waals surface area contributed by atoms with E-state index in [0.717, 1.165) is 30.9 Å². The molecule has 1 heterocycles. The Morgan fingerprint density at radius 3 is 3.13 bits per heavy atom. The fourth-order valence-corrected chi connectivity index (χ4v) is 1.94. The van der Waals surface area contributed by atoms with E-state index in [1.165, 1.54) is 0 Å². The molecule has 1 saturated heterocycles. The van der Waals surface area contributed by atoms with Gasteiger partial charge in [0.2, 0.25) is 0 Å². The zero-order valence-corrected chi connectivity index (χ0v) is 8.90. The lowest BCUT2D eigenvalue weighted by Gasteiger charge is -2.33. The minimum absolute atomic E-state index is 0.518. The predicted molar refractivity (Wildman–Crippen MR) is 60.8 cm³/mol. The summed E-state index contributed by atoms with van der Waals surface area (Å²) in [4.78, 5) is 2.32. The molecule has 3 heteroatoms. The maximum Gasteiger partial charge on any atom is 0.0992 e. The maximum absolute atomic E-state index is 8.83. The van der Waals surface area contributed by atoms with E-state index in [2.05, 4.69) is 29.3 Å². The third-order valence-electron chi connectivity index (χ3n) is 2.71. The first-order valence-corrected chi connectivity index (χ1v) is 5.28. The van der Waals surface area contributed by atoms with E-state index in [1.54, 1.807) is 0 Å². The van der Waals surface area contributed by atoms with Gasteiger partial charge in [0.25, 0.3) is 0 Å². The van der Waals surface area contributed by atoms with Crippen molar-refractivity contribution < 1.29 is 0 Å². The van der Waals surface area contributed by atoms with Crippen LogP contribution in [-0.2, 0) is 0 Å². The van der Waals surface area contributed by atoms with E-state index in [1.807, 2.05) is 18.2 Å². The Labute approximate surface area is 90.3 Å². The third kappa shape index (κ3) is 2.28. The first-order chi connectivity index (χ1) is 7.29. The number of hydrogen-bond acceptors (Lipinski definition) is 3. The van der Waals surface area contributed by atoms with Crippen LogP contribution in [0.15, 0.2) is 24.3 Å². The van der Waals surface area contributed by atoms with Gasteiger partial charge in [-0.05, 0) is 25.1 Å². The van der Waals surface area contributed by atoms with Crippen LogP contribution in [0.4, 0.5) is 5.69 Å². The van der Waals surface area contributed by atoms with Gasteiger partial charge in [-0.25, -0.2) is 0 Å². The summed E-state index contributed by atoms with van der Waals surface area (Å²) in [5.74, 6) is 0. The van der Waals surface area contributed by atoms with E-state index < -0.39 is 0 Å². The molecule has 1 atom stereocenters. The summed E-state index contributed by atoms with van der Waals surface area (Å²) in [7, 11) is 0. The maximum atomic E-state index is 8.83. The molecule has 0 unspecified atom stereocenters. The molecular weight excluding hydrogens is 186 g/mol. The van der Waals surface area contributed by atoms with Crippen LogP contribution < -0.4 is 10.2 Å². The first kappa shape index (κ1) is 10.0. The molecule has 0 amide bonds. The predicted octanol–water partition coefficient (Wildman–Crippen LogP) is 1.36. The van der Waals surface area contributed by atoms with Gasteiger partial charge in [0.15, 0.2) is 0 Å². The van der Waals surface area contributed by atoms with Crippen molar-refractivity contribution in [2.45, 2.75) is 13.0 Å². The quantitative estimate of drug-likeness (QED) is 0.745. The summed E-state index contributed by atoms with van der Waals surface area (Å²) in [6.45, 7) is 5.21. The largest absolute Gasteiger partial charge is 0.369 e. The van der Waals surface area contributed by atoms with Crippen LogP contribution >= 0.6 is 0 Å². The second kappa shape index (κ2) is 4.33. The van der Waals surface area contributed by atoms with Gasteiger partial charge < -0.3 is 10.2 Å². The standard InChI is InChI=1S/C12H15N3/c1-10-9-15(6-5-14-10)12-4-2-3-11(7-12)8-13/h2-4,7,10,14H,5-6,9H2,1H3/t10-/m1/s1. The van der Waals surface area contributed by atoms with E-state index in [9.17, 15) is 0 Å². The number of piperazine rings is 1. The summed E-state index contributed by atoms with van der Waals surface area (Å²) >= 11 is 0. The lowest BCUT2D eigenvalue weighted by Crippen LogP contribution is -2.49. The molecule has 1 aromatic carbocycles. The number of nitriles is 1. The lowest BCUT2D eigenvalue weighted by atomic mass is 10.1. The topological polar surface area (TPSA) is 39.1 Å². The Balaban J connectivity index is 2.18. The highest BCUT2D eigenvalue weighted by molar-refractivity contribution is 5.51. The number of hydrogen-bond donors (Lipinski definition) is 1. The van der Waals surface area contributed by atoms with E-state index >= 15 is 0 Å². The van der Waals surface area contributed by atoms with Gasteiger partial charge in [-0.1, -0.05) is 6.07 Å². The molecule has 1 aromatic rings. The van der Waals surface area contributed by atoms with Gasteiger partial charge in [0.05, 0.1) is 11.6 Å². The molecule has 0 saturated carbocycles. The smallest absolute Gasteiger partial charge is 0.0992 e. The Hall–Kier alpha value is -1.53. The molecule has 0 radical (unpaired) electrons. The molecule has 1 fully saturated rings. The number of nitrogens with zero attached hydrogens (tertiary/aromatic N) is 2. The Morgan fingerprint density at radius 1 is 1.53 bits per heavy atom. The van der Waals surface area contributed by atoms with Gasteiger partial charge >= 0.3 is 0 Å². The van der Waals surface area contributed by atoms with Crippen molar-refractivity contribution in [2.75, 3.05) is 24.5 Å². The second-order valence-electron chi connectivity index (χ2n) is 3.96. The van der Waals surface area contributed by atoms with E-state index in [0.29, 0.717) is 6.04 Å². The molecule has 2 rings (SSSR count). The van der Waals surface area contributed by atoms with Crippen molar-refractivity contribution in [3.8, 4) is 6.07 Å². The molecular formula is C12H15N3. The van der Waals surface area contributed by atoms with Gasteiger partial charge in [-0.3, -0.25) is 0 Å². The lowest BCUT2D eigenvalue weighted by molar-refractivity contribution is 0.485. The first-order valence-electron chi connectivity index (χ1n) is 5.28. The van der Waals surface area contributed by atoms with Crippen molar-refractivity contribution in [3.63, 3.8) is 0 Å². The third-order valence-corrected chi connectivity index (χ3v) is 2.71. The van der Waals surface area contributed by atoms with Crippen LogP contribution in [-0.4, -0.2) is 25.7 Å². The monoisotopic (exact) mass is 201 g/mol. The van der Waals surface area contributed by atoms with E-state index in [-0.39, 0.29) is 0 Å². The van der Waals surface area contributed by atoms with Gasteiger partial charge in [-0.2, -0.15) is 5.26 Å². The molecule has 78 valence electrons. The van der Waals surface area contributed by atoms with Crippen molar-refractivity contribution >= 4 is 5.69 Å². The van der Waals surface area contributed by atoms with Crippen LogP contribution in [0.1, 0.15) is 12.5 Å². The highest BCUT2D eigenvalue weighted by atomic mass is 15.2. The molecule has 1 aliphatic heterocycles. The SMILES string of the molecule is C[C@@H]1CN(c2cccc(C#N)c2)CCN1. The van der Waals surface area contributed by atoms with Crippen molar-refractivity contribution in [1.82, 2.24) is 5.32 Å². The zero-order chi connectivity index (χ0) is 10.7. The summed E-state index contributed by atoms with van der Waals surface area (Å²) in [5, 5.41) is 12.2. The normalized spacial score (nSPS) is 21.1. The summed E-state index contributed by atoms with van der Waals surface area (Å²) in [5.41, 5.74) is 1.89. The number of benzene rings is 1. The molecule has 1 N–H and O–H groups in total. The molecule has 0 aromatic heterocycles. The van der Waals surface area contributed by atoms with E-state index in [4.69, 9.17) is 5.26 Å². The van der Waals surface area contributed by atoms with Crippen LogP contribution in [0.2, 0.25) is 0 Å². The summed E-state index contributed by atoms with van der Waals surface area (Å²) in [6, 6.07) is 10.5. The molecule has 0 spiro atoms. The minimum Gasteiger partial charge on any atom is -0.369 e. The molecule has 3 nitrogen and oxygen atoms in total. The highest BCUT2D eigenvalue weighted by Gasteiger charge is 2.15. The van der Waals surface area contributed by atoms with Crippen molar-refractivity contribution in [3.05, 3.63) is 29.8 Å². The molecule has 1 aliphatic rings. The second-order valence-corrected chi connectivity index (χ2v) is 3.96. The fraction of sp³-hybridized carbons (Fsp3) is 0.417. The Bertz CT molecular complexity index is 381. The average molecular weight is 201 g/mol. The zero-order valence-electron chi connectivity index (χ0n) is 8.90. The Morgan fingerprint density at radius 2 is 2.40 bits per heavy atom. The van der Waals surface area contributed by atoms with Crippen LogP contribution in [0, 0.1) is 11.3 Å². The molecule has 15 heavy (non-hydrogen) atoms. The van der Waals surface area contributed by atoms with Crippen molar-refractivity contribution in [1.29, 1.82) is 5.26 Å². The summed E-state index contributed by atoms with van der Waals surface area (Å²) < 4.78 is 0. The minimum atomic E-state index is 0.518. The Kier molecular flexibility index (Phi) is 2.89. The van der Waals surface area contributed by atoms with Crippen LogP contribution in [0.25, 0.3) is 0 Å². The van der Waals surface area contributed by atoms with Crippen LogP contribution in [0.5, 0.6) is 0 Å². The van der Waals surface area contributed by atoms with Crippen LogP contribution in [0.3, 0.4) is 0 Å². The summed E-state index contributed by atoms with van der Waals surface area (Å²) in [6.07, 6.45) is 0. The number of anilines is 1. The van der Waals surface area contributed by atoms with Gasteiger partial charge in [0, 0.05) is 31.4 Å². The average Bonchev–Trinajstić information content (AvgIpc) is 2.29. The molecule has 0 bridgehead atoms. The number of rotatable bonds is 1. The van der Waals surface area contributed by atoms with Gasteiger partial charge in [0.1, 0.15) is 0 Å². The fourth-order valence-electron chi connectivity index (χ4n) is 1.94. The van der Waals surface area contributed by atoms with Crippen molar-refractivity contribution in [2.24, 2.45) is 0 Å².